The number of methoxy groups -OCH3 is 1. The van der Waals surface area contributed by atoms with E-state index in [1.807, 2.05) is 0 Å². The number of thiol groups is 1. The van der Waals surface area contributed by atoms with Crippen LogP contribution < -0.4 is 0 Å². The van der Waals surface area contributed by atoms with Gasteiger partial charge in [0.1, 0.15) is 18.3 Å². The molecule has 0 aromatic heterocycles. The molecular weight excluding hydrogens is 196 g/mol. The van der Waals surface area contributed by atoms with E-state index in [1.54, 1.807) is 0 Å². The number of aliphatic hydroxyl groups is 4. The van der Waals surface area contributed by atoms with Crippen molar-refractivity contribution in [2.24, 2.45) is 0 Å². The Bertz CT molecular complexity index is 134. The van der Waals surface area contributed by atoms with E-state index in [-0.39, 0.29) is 12.4 Å². The summed E-state index contributed by atoms with van der Waals surface area (Å²) in [6.07, 6.45) is -5.22. The molecule has 4 atom stereocenters. The predicted molar refractivity (Wildman–Crippen MR) is 49.8 cm³/mol. The molecule has 0 radical (unpaired) electrons. The lowest BCUT2D eigenvalue weighted by molar-refractivity contribution is -0.113. The zero-order valence-corrected chi connectivity index (χ0v) is 8.26. The molecule has 80 valence electrons. The van der Waals surface area contributed by atoms with Crippen LogP contribution in [0.3, 0.4) is 0 Å². The van der Waals surface area contributed by atoms with Gasteiger partial charge in [0.05, 0.1) is 12.7 Å². The Balaban J connectivity index is 3.99. The van der Waals surface area contributed by atoms with Crippen molar-refractivity contribution in [3.63, 3.8) is 0 Å². The van der Waals surface area contributed by atoms with Gasteiger partial charge < -0.3 is 25.2 Å². The molecule has 13 heavy (non-hydrogen) atoms. The minimum absolute atomic E-state index is 0.0118. The Kier molecular flexibility index (Phi) is 6.66. The van der Waals surface area contributed by atoms with E-state index in [0.717, 1.165) is 0 Å². The first-order chi connectivity index (χ1) is 6.04. The van der Waals surface area contributed by atoms with E-state index in [4.69, 9.17) is 10.2 Å². The molecule has 0 aliphatic heterocycles. The van der Waals surface area contributed by atoms with Crippen LogP contribution in [0.25, 0.3) is 0 Å². The fourth-order valence-corrected chi connectivity index (χ4v) is 1.05. The van der Waals surface area contributed by atoms with Crippen molar-refractivity contribution in [3.05, 3.63) is 0 Å². The first-order valence-corrected chi connectivity index (χ1v) is 4.49. The van der Waals surface area contributed by atoms with Gasteiger partial charge in [-0.1, -0.05) is 0 Å². The first-order valence-electron chi connectivity index (χ1n) is 3.86. The van der Waals surface area contributed by atoms with Gasteiger partial charge in [-0.3, -0.25) is 0 Å². The summed E-state index contributed by atoms with van der Waals surface area (Å²) in [5.74, 6) is 0.0118. The normalized spacial score (nSPS) is 20.8. The maximum atomic E-state index is 9.24. The Morgan fingerprint density at radius 3 is 1.92 bits per heavy atom. The molecule has 0 saturated heterocycles. The highest BCUT2D eigenvalue weighted by molar-refractivity contribution is 7.80. The second-order valence-corrected chi connectivity index (χ2v) is 3.12. The van der Waals surface area contributed by atoms with Gasteiger partial charge in [-0.15, -0.1) is 0 Å². The van der Waals surface area contributed by atoms with Crippen LogP contribution in [-0.4, -0.2) is 64.3 Å². The van der Waals surface area contributed by atoms with Gasteiger partial charge in [-0.05, 0) is 0 Å². The molecule has 0 aromatic carbocycles. The molecule has 0 aliphatic carbocycles. The summed E-state index contributed by atoms with van der Waals surface area (Å²) in [6.45, 7) is -0.0997. The Labute approximate surface area is 82.4 Å². The highest BCUT2D eigenvalue weighted by Crippen LogP contribution is 2.06. The van der Waals surface area contributed by atoms with E-state index < -0.39 is 24.4 Å². The molecule has 0 saturated carbocycles. The molecule has 5 nitrogen and oxygen atoms in total. The molecule has 0 fully saturated rings. The lowest BCUT2D eigenvalue weighted by Crippen LogP contribution is -2.46. The number of rotatable bonds is 6. The van der Waals surface area contributed by atoms with E-state index in [9.17, 15) is 10.2 Å². The lowest BCUT2D eigenvalue weighted by Gasteiger charge is -2.25. The molecular formula is C7H16O5S. The van der Waals surface area contributed by atoms with Gasteiger partial charge in [0.25, 0.3) is 0 Å². The van der Waals surface area contributed by atoms with Gasteiger partial charge in [0.15, 0.2) is 0 Å². The minimum Gasteiger partial charge on any atom is -0.389 e. The Hall–Kier alpha value is 0.150. The van der Waals surface area contributed by atoms with Crippen LogP contribution in [0.1, 0.15) is 0 Å². The quantitative estimate of drug-likeness (QED) is 0.329. The molecule has 0 heterocycles. The van der Waals surface area contributed by atoms with Crippen molar-refractivity contribution in [2.45, 2.75) is 24.4 Å². The summed E-state index contributed by atoms with van der Waals surface area (Å²) in [5, 5.41) is 36.7. The van der Waals surface area contributed by atoms with Crippen LogP contribution >= 0.6 is 12.6 Å². The van der Waals surface area contributed by atoms with Gasteiger partial charge in [0.2, 0.25) is 0 Å². The van der Waals surface area contributed by atoms with Crippen LogP contribution in [0, 0.1) is 0 Å². The smallest absolute Gasteiger partial charge is 0.111 e. The number of aliphatic hydroxyl groups excluding tert-OH is 4. The lowest BCUT2D eigenvalue weighted by atomic mass is 10.0. The summed E-state index contributed by atoms with van der Waals surface area (Å²) in [4.78, 5) is 0. The summed E-state index contributed by atoms with van der Waals surface area (Å²) >= 11 is 3.74. The molecule has 0 rings (SSSR count). The van der Waals surface area contributed by atoms with Gasteiger partial charge in [-0.25, -0.2) is 0 Å². The second kappa shape index (κ2) is 6.58. The van der Waals surface area contributed by atoms with Gasteiger partial charge in [-0.2, -0.15) is 12.6 Å². The first kappa shape index (κ1) is 13.2. The summed E-state index contributed by atoms with van der Waals surface area (Å²) in [5.41, 5.74) is 0. The summed E-state index contributed by atoms with van der Waals surface area (Å²) in [7, 11) is 1.36. The van der Waals surface area contributed by atoms with E-state index >= 15 is 0 Å². The second-order valence-electron chi connectivity index (χ2n) is 2.75. The number of hydrogen-bond donors (Lipinski definition) is 5. The summed E-state index contributed by atoms with van der Waals surface area (Å²) < 4.78 is 4.57. The van der Waals surface area contributed by atoms with Crippen LogP contribution in [0.15, 0.2) is 0 Å². The SMILES string of the molecule is COC[C@@H](O)[C@@H](O)[C@H](O)[C@H](O)CS. The third kappa shape index (κ3) is 4.26. The Morgan fingerprint density at radius 1 is 1.08 bits per heavy atom. The standard InChI is InChI=1S/C7H16O5S/c1-12-2-4(8)6(10)7(11)5(9)3-13/h4-11,13H,2-3H2,1H3/t4-,5-,6-,7-/m1/s1. The molecule has 0 aliphatic rings. The molecule has 4 N–H and O–H groups in total. The molecule has 0 unspecified atom stereocenters. The van der Waals surface area contributed by atoms with Gasteiger partial charge in [0, 0.05) is 12.9 Å². The Morgan fingerprint density at radius 2 is 1.54 bits per heavy atom. The van der Waals surface area contributed by atoms with Crippen molar-refractivity contribution in [2.75, 3.05) is 19.5 Å². The van der Waals surface area contributed by atoms with Crippen LogP contribution in [0.4, 0.5) is 0 Å². The molecule has 0 bridgehead atoms. The average molecular weight is 212 g/mol. The predicted octanol–water partition coefficient (Wildman–Crippen LogP) is -1.99. The third-order valence-electron chi connectivity index (χ3n) is 1.66. The van der Waals surface area contributed by atoms with E-state index in [0.29, 0.717) is 0 Å². The van der Waals surface area contributed by atoms with Gasteiger partial charge >= 0.3 is 0 Å². The van der Waals surface area contributed by atoms with Crippen LogP contribution in [-0.2, 0) is 4.74 Å². The molecule has 0 spiro atoms. The zero-order valence-electron chi connectivity index (χ0n) is 7.37. The highest BCUT2D eigenvalue weighted by Gasteiger charge is 2.29. The van der Waals surface area contributed by atoms with E-state index in [1.165, 1.54) is 7.11 Å². The molecule has 6 heteroatoms. The molecule has 0 aromatic rings. The summed E-state index contributed by atoms with van der Waals surface area (Å²) in [6, 6.07) is 0. The van der Waals surface area contributed by atoms with Crippen molar-refractivity contribution in [3.8, 4) is 0 Å². The van der Waals surface area contributed by atoms with Crippen molar-refractivity contribution >= 4 is 12.6 Å². The zero-order chi connectivity index (χ0) is 10.4. The third-order valence-corrected chi connectivity index (χ3v) is 2.04. The monoisotopic (exact) mass is 212 g/mol. The van der Waals surface area contributed by atoms with Crippen LogP contribution in [0.5, 0.6) is 0 Å². The largest absolute Gasteiger partial charge is 0.389 e. The maximum Gasteiger partial charge on any atom is 0.111 e. The maximum absolute atomic E-state index is 9.24. The fourth-order valence-electron chi connectivity index (χ4n) is 0.833. The van der Waals surface area contributed by atoms with Crippen LogP contribution in [0.2, 0.25) is 0 Å². The highest BCUT2D eigenvalue weighted by atomic mass is 32.1. The minimum atomic E-state index is -1.43. The van der Waals surface area contributed by atoms with Crippen molar-refractivity contribution < 1.29 is 25.2 Å². The molecule has 0 amide bonds. The van der Waals surface area contributed by atoms with Crippen molar-refractivity contribution in [1.29, 1.82) is 0 Å². The average Bonchev–Trinajstić information content (AvgIpc) is 2.14. The van der Waals surface area contributed by atoms with Crippen molar-refractivity contribution in [1.82, 2.24) is 0 Å². The number of ether oxygens (including phenoxy) is 1. The number of hydrogen-bond acceptors (Lipinski definition) is 6. The fraction of sp³-hybridized carbons (Fsp3) is 1.00. The van der Waals surface area contributed by atoms with E-state index in [2.05, 4.69) is 17.4 Å². The topological polar surface area (TPSA) is 90.2 Å².